The number of aromatic nitrogens is 1. The quantitative estimate of drug-likeness (QED) is 0.861. The normalized spacial score (nSPS) is 21.7. The van der Waals surface area contributed by atoms with Crippen LogP contribution in [-0.4, -0.2) is 52.8 Å². The van der Waals surface area contributed by atoms with Crippen LogP contribution in [0, 0.1) is 0 Å². The van der Waals surface area contributed by atoms with Crippen LogP contribution in [0.25, 0.3) is 10.2 Å². The van der Waals surface area contributed by atoms with E-state index in [4.69, 9.17) is 4.98 Å². The molecule has 2 saturated heterocycles. The number of thiazole rings is 1. The largest absolute Gasteiger partial charge is 0.340 e. The van der Waals surface area contributed by atoms with Crippen LogP contribution in [0.15, 0.2) is 24.3 Å². The molecule has 2 fully saturated rings. The smallest absolute Gasteiger partial charge is 0.242 e. The van der Waals surface area contributed by atoms with Gasteiger partial charge in [0.25, 0.3) is 0 Å². The first-order valence-corrected chi connectivity index (χ1v) is 9.43. The molecule has 0 aliphatic carbocycles. The second kappa shape index (κ2) is 6.51. The van der Waals surface area contributed by atoms with E-state index in [1.165, 1.54) is 4.70 Å². The lowest BCUT2D eigenvalue weighted by Crippen LogP contribution is -2.44. The number of hydrogen-bond donors (Lipinski definition) is 0. The Morgan fingerprint density at radius 2 is 2.12 bits per heavy atom. The predicted octanol–water partition coefficient (Wildman–Crippen LogP) is 2.62. The minimum atomic E-state index is 0.0797. The van der Waals surface area contributed by atoms with E-state index < -0.39 is 0 Å². The fourth-order valence-electron chi connectivity index (χ4n) is 3.60. The highest BCUT2D eigenvalue weighted by molar-refractivity contribution is 7.18. The predicted molar refractivity (Wildman–Crippen MR) is 94.0 cm³/mol. The highest BCUT2D eigenvalue weighted by Gasteiger charge is 2.29. The Hall–Kier alpha value is -1.95. The topological polar surface area (TPSA) is 53.5 Å². The summed E-state index contributed by atoms with van der Waals surface area (Å²) in [4.78, 5) is 32.7. The van der Waals surface area contributed by atoms with Crippen molar-refractivity contribution in [2.75, 3.05) is 26.2 Å². The highest BCUT2D eigenvalue weighted by atomic mass is 32.1. The number of para-hydroxylation sites is 1. The maximum atomic E-state index is 12.6. The molecule has 2 aliphatic rings. The summed E-state index contributed by atoms with van der Waals surface area (Å²) in [7, 11) is 0. The number of hydrogen-bond acceptors (Lipinski definition) is 4. The molecular weight excluding hydrogens is 322 g/mol. The molecule has 2 aromatic rings. The number of rotatable bonds is 3. The Balaban J connectivity index is 1.45. The fourth-order valence-corrected chi connectivity index (χ4v) is 4.70. The Labute approximate surface area is 145 Å². The third-order valence-corrected chi connectivity index (χ3v) is 6.13. The van der Waals surface area contributed by atoms with Crippen molar-refractivity contribution in [2.24, 2.45) is 0 Å². The van der Waals surface area contributed by atoms with E-state index in [2.05, 4.69) is 6.07 Å². The van der Waals surface area contributed by atoms with Gasteiger partial charge >= 0.3 is 0 Å². The summed E-state index contributed by atoms with van der Waals surface area (Å²) >= 11 is 1.74. The van der Waals surface area contributed by atoms with Crippen molar-refractivity contribution >= 4 is 33.4 Å². The first-order valence-electron chi connectivity index (χ1n) is 8.62. The lowest BCUT2D eigenvalue weighted by molar-refractivity contribution is -0.139. The van der Waals surface area contributed by atoms with Crippen molar-refractivity contribution in [2.45, 2.75) is 31.6 Å². The summed E-state index contributed by atoms with van der Waals surface area (Å²) in [5.41, 5.74) is 1.05. The Morgan fingerprint density at radius 1 is 1.25 bits per heavy atom. The van der Waals surface area contributed by atoms with Crippen LogP contribution in [-0.2, 0) is 9.59 Å². The molecule has 2 aliphatic heterocycles. The number of carbonyl (C=O) groups excluding carboxylic acids is 2. The lowest BCUT2D eigenvalue weighted by Gasteiger charge is -2.33. The van der Waals surface area contributed by atoms with E-state index in [0.29, 0.717) is 12.3 Å². The second-order valence-electron chi connectivity index (χ2n) is 6.62. The number of nitrogens with zero attached hydrogens (tertiary/aromatic N) is 3. The number of likely N-dealkylation sites (tertiary alicyclic amines) is 2. The average molecular weight is 343 g/mol. The van der Waals surface area contributed by atoms with Crippen LogP contribution in [0.4, 0.5) is 0 Å². The number of benzene rings is 1. The molecule has 0 bridgehead atoms. The summed E-state index contributed by atoms with van der Waals surface area (Å²) in [6, 6.07) is 8.19. The van der Waals surface area contributed by atoms with Gasteiger partial charge in [-0.25, -0.2) is 4.98 Å². The molecule has 4 rings (SSSR count). The van der Waals surface area contributed by atoms with Gasteiger partial charge < -0.3 is 9.80 Å². The molecule has 126 valence electrons. The van der Waals surface area contributed by atoms with Gasteiger partial charge in [0.1, 0.15) is 0 Å². The Kier molecular flexibility index (Phi) is 4.22. The van der Waals surface area contributed by atoms with Gasteiger partial charge in [-0.2, -0.15) is 0 Å². The van der Waals surface area contributed by atoms with E-state index in [1.807, 2.05) is 23.1 Å². The summed E-state index contributed by atoms with van der Waals surface area (Å²) in [6.45, 7) is 2.48. The standard InChI is InChI=1S/C18H21N3O2S/c22-16-8-4-10-21(16)12-17(23)20-9-3-5-13(11-20)18-19-14-6-1-2-7-15(14)24-18/h1-2,6-7,13H,3-5,8-12H2. The summed E-state index contributed by atoms with van der Waals surface area (Å²) in [5, 5.41) is 1.13. The van der Waals surface area contributed by atoms with Crippen LogP contribution in [0.2, 0.25) is 0 Å². The molecule has 3 heterocycles. The van der Waals surface area contributed by atoms with Crippen molar-refractivity contribution < 1.29 is 9.59 Å². The number of amides is 2. The zero-order chi connectivity index (χ0) is 16.5. The first-order chi connectivity index (χ1) is 11.7. The molecular formula is C18H21N3O2S. The maximum Gasteiger partial charge on any atom is 0.242 e. The summed E-state index contributed by atoms with van der Waals surface area (Å²) < 4.78 is 1.21. The molecule has 24 heavy (non-hydrogen) atoms. The zero-order valence-corrected chi connectivity index (χ0v) is 14.4. The van der Waals surface area contributed by atoms with Crippen LogP contribution >= 0.6 is 11.3 Å². The number of carbonyl (C=O) groups is 2. The molecule has 1 unspecified atom stereocenters. The van der Waals surface area contributed by atoms with Gasteiger partial charge in [-0.1, -0.05) is 12.1 Å². The molecule has 0 saturated carbocycles. The van der Waals surface area contributed by atoms with Gasteiger partial charge in [0.05, 0.1) is 21.8 Å². The van der Waals surface area contributed by atoms with Crippen molar-refractivity contribution in [1.82, 2.24) is 14.8 Å². The molecule has 1 atom stereocenters. The van der Waals surface area contributed by atoms with Gasteiger partial charge in [0.15, 0.2) is 0 Å². The second-order valence-corrected chi connectivity index (χ2v) is 7.68. The molecule has 1 aromatic heterocycles. The van der Waals surface area contributed by atoms with Gasteiger partial charge in [0.2, 0.25) is 11.8 Å². The summed E-state index contributed by atoms with van der Waals surface area (Å²) in [6.07, 6.45) is 3.54. The molecule has 0 radical (unpaired) electrons. The number of fused-ring (bicyclic) bond motifs is 1. The number of piperidine rings is 1. The van der Waals surface area contributed by atoms with E-state index in [-0.39, 0.29) is 18.4 Å². The van der Waals surface area contributed by atoms with E-state index in [9.17, 15) is 9.59 Å². The van der Waals surface area contributed by atoms with Gasteiger partial charge in [0, 0.05) is 32.0 Å². The van der Waals surface area contributed by atoms with E-state index in [1.54, 1.807) is 16.2 Å². The van der Waals surface area contributed by atoms with Crippen molar-refractivity contribution in [3.63, 3.8) is 0 Å². The van der Waals surface area contributed by atoms with Crippen molar-refractivity contribution in [1.29, 1.82) is 0 Å². The van der Waals surface area contributed by atoms with Crippen LogP contribution in [0.3, 0.4) is 0 Å². The third kappa shape index (κ3) is 3.02. The molecule has 6 heteroatoms. The zero-order valence-electron chi connectivity index (χ0n) is 13.6. The van der Waals surface area contributed by atoms with Crippen LogP contribution < -0.4 is 0 Å². The van der Waals surface area contributed by atoms with Gasteiger partial charge in [-0.15, -0.1) is 11.3 Å². The first kappa shape index (κ1) is 15.6. The minimum Gasteiger partial charge on any atom is -0.340 e. The Bertz CT molecular complexity index is 739. The van der Waals surface area contributed by atoms with Gasteiger partial charge in [-0.05, 0) is 31.4 Å². The van der Waals surface area contributed by atoms with E-state index in [0.717, 1.165) is 49.4 Å². The summed E-state index contributed by atoms with van der Waals surface area (Å²) in [5.74, 6) is 0.508. The highest BCUT2D eigenvalue weighted by Crippen LogP contribution is 2.33. The third-order valence-electron chi connectivity index (χ3n) is 4.93. The van der Waals surface area contributed by atoms with Crippen molar-refractivity contribution in [3.05, 3.63) is 29.3 Å². The lowest BCUT2D eigenvalue weighted by atomic mass is 9.98. The maximum absolute atomic E-state index is 12.6. The van der Waals surface area contributed by atoms with Crippen LogP contribution in [0.1, 0.15) is 36.6 Å². The fraction of sp³-hybridized carbons (Fsp3) is 0.500. The minimum absolute atomic E-state index is 0.0797. The molecule has 0 N–H and O–H groups in total. The average Bonchev–Trinajstić information content (AvgIpc) is 3.21. The molecule has 5 nitrogen and oxygen atoms in total. The van der Waals surface area contributed by atoms with E-state index >= 15 is 0 Å². The van der Waals surface area contributed by atoms with Crippen LogP contribution in [0.5, 0.6) is 0 Å². The van der Waals surface area contributed by atoms with Gasteiger partial charge in [-0.3, -0.25) is 9.59 Å². The van der Waals surface area contributed by atoms with Crippen molar-refractivity contribution in [3.8, 4) is 0 Å². The molecule has 2 amide bonds. The molecule has 0 spiro atoms. The monoisotopic (exact) mass is 343 g/mol. The molecule has 1 aromatic carbocycles. The SMILES string of the molecule is O=C1CCCN1CC(=O)N1CCCC(c2nc3ccccc3s2)C1. The Morgan fingerprint density at radius 3 is 2.92 bits per heavy atom.